The van der Waals surface area contributed by atoms with Crippen LogP contribution in [-0.4, -0.2) is 0 Å². The van der Waals surface area contributed by atoms with E-state index in [0.717, 1.165) is 68.5 Å². The lowest BCUT2D eigenvalue weighted by atomic mass is 9.95. The van der Waals surface area contributed by atoms with Crippen LogP contribution in [0.4, 0.5) is 60.5 Å². The molecule has 0 unspecified atom stereocenters. The van der Waals surface area contributed by atoms with Crippen molar-refractivity contribution in [3.63, 3.8) is 0 Å². The van der Waals surface area contributed by atoms with E-state index in [0.29, 0.717) is 23.3 Å². The van der Waals surface area contributed by atoms with Gasteiger partial charge in [-0.2, -0.15) is 26.3 Å². The average Bonchev–Trinajstić information content (AvgIpc) is 3.22. The molecule has 0 aromatic heterocycles. The number of aryl methyl sites for hydroxylation is 4. The van der Waals surface area contributed by atoms with Crippen molar-refractivity contribution in [2.75, 3.05) is 9.80 Å². The largest absolute Gasteiger partial charge is 0.417 e. The lowest BCUT2D eigenvalue weighted by molar-refractivity contribution is -0.141. The molecule has 0 aliphatic heterocycles. The Morgan fingerprint density at radius 3 is 0.750 bits per heavy atom. The highest BCUT2D eigenvalue weighted by molar-refractivity contribution is 5.81. The minimum absolute atomic E-state index is 0.518. The quantitative estimate of drug-likeness (QED) is 0.100. The second kappa shape index (κ2) is 17.2. The molecule has 0 amide bonds. The fourth-order valence-electron chi connectivity index (χ4n) is 6.91. The number of nitrogens with zero attached hydrogens (tertiary/aromatic N) is 2. The van der Waals surface area contributed by atoms with E-state index >= 15 is 0 Å². The van der Waals surface area contributed by atoms with Crippen molar-refractivity contribution < 1.29 is 26.3 Å². The van der Waals surface area contributed by atoms with Gasteiger partial charge in [-0.15, -0.1) is 0 Å². The van der Waals surface area contributed by atoms with Gasteiger partial charge in [-0.3, -0.25) is 0 Å². The highest BCUT2D eigenvalue weighted by Gasteiger charge is 2.38. The van der Waals surface area contributed by atoms with Crippen molar-refractivity contribution in [2.24, 2.45) is 0 Å². The van der Waals surface area contributed by atoms with Crippen LogP contribution in [0, 0.1) is 27.7 Å². The third-order valence-corrected chi connectivity index (χ3v) is 10.2. The Bertz CT molecular complexity index is 2330. The molecule has 0 bridgehead atoms. The lowest BCUT2D eigenvalue weighted by Crippen LogP contribution is -2.13. The number of rotatable bonds is 10. The van der Waals surface area contributed by atoms with Gasteiger partial charge in [0.2, 0.25) is 0 Å². The maximum atomic E-state index is 14.6. The molecule has 7 aromatic carbocycles. The first-order valence-corrected chi connectivity index (χ1v) is 19.4. The van der Waals surface area contributed by atoms with E-state index in [2.05, 4.69) is 9.80 Å². The average molecular weight is 809 g/mol. The summed E-state index contributed by atoms with van der Waals surface area (Å²) < 4.78 is 87.3. The van der Waals surface area contributed by atoms with Crippen LogP contribution in [0.3, 0.4) is 0 Å². The molecule has 0 heterocycles. The topological polar surface area (TPSA) is 6.48 Å². The zero-order chi connectivity index (χ0) is 42.6. The Morgan fingerprint density at radius 1 is 0.317 bits per heavy atom. The van der Waals surface area contributed by atoms with Crippen LogP contribution in [-0.2, 0) is 12.4 Å². The van der Waals surface area contributed by atoms with Crippen molar-refractivity contribution in [3.05, 3.63) is 213 Å². The van der Waals surface area contributed by atoms with E-state index in [1.807, 2.05) is 149 Å². The molecular weight excluding hydrogens is 767 g/mol. The molecule has 302 valence electrons. The molecule has 0 spiro atoms. The SMILES string of the molecule is Cc1ccc(N(c2ccc(C)cc2)c2ccc(/C=C\c3cc(C(F)(F)F)c(/C=C/c4ccc(N(c5ccc(C)cc5)c5ccc(C)cc5)cc4)cc3C(F)(F)F)cc2)cc1. The van der Waals surface area contributed by atoms with Crippen LogP contribution in [0.2, 0.25) is 0 Å². The smallest absolute Gasteiger partial charge is 0.311 e. The molecule has 0 N–H and O–H groups in total. The zero-order valence-corrected chi connectivity index (χ0v) is 33.5. The van der Waals surface area contributed by atoms with Crippen molar-refractivity contribution in [1.29, 1.82) is 0 Å². The van der Waals surface area contributed by atoms with Gasteiger partial charge in [-0.05, 0) is 135 Å². The fraction of sp³-hybridized carbons (Fsp3) is 0.115. The monoisotopic (exact) mass is 808 g/mol. The second-order valence-corrected chi connectivity index (χ2v) is 14.9. The molecule has 0 aliphatic carbocycles. The Kier molecular flexibility index (Phi) is 11.9. The molecule has 7 aromatic rings. The van der Waals surface area contributed by atoms with Crippen molar-refractivity contribution >= 4 is 58.4 Å². The maximum absolute atomic E-state index is 14.6. The number of benzene rings is 7. The molecule has 7 rings (SSSR count). The minimum Gasteiger partial charge on any atom is -0.311 e. The molecule has 0 saturated heterocycles. The molecule has 0 radical (unpaired) electrons. The van der Waals surface area contributed by atoms with Gasteiger partial charge in [0.25, 0.3) is 0 Å². The third kappa shape index (κ3) is 9.72. The zero-order valence-electron chi connectivity index (χ0n) is 33.5. The summed E-state index contributed by atoms with van der Waals surface area (Å²) in [6.07, 6.45) is -4.88. The summed E-state index contributed by atoms with van der Waals surface area (Å²) in [5.41, 5.74) is 7.18. The molecule has 0 fully saturated rings. The summed E-state index contributed by atoms with van der Waals surface area (Å²) in [6.45, 7) is 8.00. The summed E-state index contributed by atoms with van der Waals surface area (Å²) in [5.74, 6) is 0. The van der Waals surface area contributed by atoms with Crippen LogP contribution in [0.5, 0.6) is 0 Å². The molecular formula is C52H42F6N2. The van der Waals surface area contributed by atoms with Gasteiger partial charge >= 0.3 is 12.4 Å². The van der Waals surface area contributed by atoms with E-state index in [1.54, 1.807) is 24.3 Å². The van der Waals surface area contributed by atoms with Crippen LogP contribution < -0.4 is 9.80 Å². The Balaban J connectivity index is 1.18. The van der Waals surface area contributed by atoms with E-state index in [4.69, 9.17) is 0 Å². The van der Waals surface area contributed by atoms with Gasteiger partial charge in [0.1, 0.15) is 0 Å². The number of hydrogen-bond acceptors (Lipinski definition) is 2. The number of anilines is 6. The fourth-order valence-corrected chi connectivity index (χ4v) is 6.91. The van der Waals surface area contributed by atoms with Gasteiger partial charge in [0.05, 0.1) is 11.1 Å². The van der Waals surface area contributed by atoms with Crippen LogP contribution in [0.25, 0.3) is 24.3 Å². The predicted octanol–water partition coefficient (Wildman–Crippen LogP) is 16.2. The highest BCUT2D eigenvalue weighted by Crippen LogP contribution is 2.41. The standard InChI is InChI=1S/C52H42F6N2/c1-35-5-21-43(22-6-35)59(44-23-7-36(2)8-24-44)47-29-15-39(16-30-47)13-19-41-33-50(52(56,57)58)42(34-49(41)51(53,54)55)20-14-40-17-31-48(32-18-40)60(45-25-9-37(3)10-26-45)46-27-11-38(4)12-28-46/h5-34H,1-4H3/b19-13-,20-14+. The Morgan fingerprint density at radius 2 is 0.533 bits per heavy atom. The third-order valence-electron chi connectivity index (χ3n) is 10.2. The molecule has 0 saturated carbocycles. The molecule has 2 nitrogen and oxygen atoms in total. The first-order chi connectivity index (χ1) is 28.6. The Labute approximate surface area is 347 Å². The van der Waals surface area contributed by atoms with E-state index in [1.165, 1.54) is 12.2 Å². The summed E-state index contributed by atoms with van der Waals surface area (Å²) in [4.78, 5) is 4.10. The number of halogens is 6. The number of alkyl halides is 6. The second-order valence-electron chi connectivity index (χ2n) is 14.9. The van der Waals surface area contributed by atoms with Crippen molar-refractivity contribution in [1.82, 2.24) is 0 Å². The highest BCUT2D eigenvalue weighted by atomic mass is 19.4. The molecule has 60 heavy (non-hydrogen) atoms. The lowest BCUT2D eigenvalue weighted by Gasteiger charge is -2.26. The van der Waals surface area contributed by atoms with E-state index < -0.39 is 34.6 Å². The van der Waals surface area contributed by atoms with Crippen molar-refractivity contribution in [2.45, 2.75) is 40.0 Å². The predicted molar refractivity (Wildman–Crippen MR) is 235 cm³/mol. The summed E-state index contributed by atoms with van der Waals surface area (Å²) in [7, 11) is 0. The Hall–Kier alpha value is -6.80. The van der Waals surface area contributed by atoms with Crippen LogP contribution >= 0.6 is 0 Å². The van der Waals surface area contributed by atoms with Crippen molar-refractivity contribution in [3.8, 4) is 0 Å². The minimum atomic E-state index is -4.92. The number of hydrogen-bond donors (Lipinski definition) is 0. The molecule has 8 heteroatoms. The summed E-state index contributed by atoms with van der Waals surface area (Å²) in [6, 6.07) is 47.4. The first kappa shape index (κ1) is 41.4. The van der Waals surface area contributed by atoms with Crippen LogP contribution in [0.15, 0.2) is 158 Å². The summed E-state index contributed by atoms with van der Waals surface area (Å²) >= 11 is 0. The van der Waals surface area contributed by atoms with E-state index in [-0.39, 0.29) is 0 Å². The normalized spacial score (nSPS) is 12.0. The van der Waals surface area contributed by atoms with Gasteiger partial charge in [0.15, 0.2) is 0 Å². The van der Waals surface area contributed by atoms with Gasteiger partial charge in [-0.1, -0.05) is 119 Å². The summed E-state index contributed by atoms with van der Waals surface area (Å²) in [5, 5.41) is 0. The van der Waals surface area contributed by atoms with Gasteiger partial charge in [-0.25, -0.2) is 0 Å². The van der Waals surface area contributed by atoms with Gasteiger partial charge in [0, 0.05) is 34.1 Å². The van der Waals surface area contributed by atoms with E-state index in [9.17, 15) is 26.3 Å². The first-order valence-electron chi connectivity index (χ1n) is 19.4. The molecule has 0 atom stereocenters. The maximum Gasteiger partial charge on any atom is 0.417 e. The van der Waals surface area contributed by atoms with Crippen LogP contribution in [0.1, 0.15) is 55.6 Å². The molecule has 0 aliphatic rings. The van der Waals surface area contributed by atoms with Gasteiger partial charge < -0.3 is 9.80 Å².